The van der Waals surface area contributed by atoms with E-state index in [2.05, 4.69) is 20.6 Å². The second-order valence-electron chi connectivity index (χ2n) is 4.81. The number of nitrogens with one attached hydrogen (secondary N) is 2. The Morgan fingerprint density at radius 1 is 1.05 bits per heavy atom. The highest BCUT2D eigenvalue weighted by atomic mass is 15.1. The molecule has 1 aromatic carbocycles. The lowest BCUT2D eigenvalue weighted by atomic mass is 9.93. The quantitative estimate of drug-likeness (QED) is 0.732. The maximum Gasteiger partial charge on any atom is 0.135 e. The first-order valence-electron chi connectivity index (χ1n) is 6.51. The third-order valence-corrected chi connectivity index (χ3v) is 3.31. The van der Waals surface area contributed by atoms with Crippen molar-refractivity contribution in [2.75, 3.05) is 16.4 Å². The number of nitrogen functional groups attached to an aromatic ring is 1. The summed E-state index contributed by atoms with van der Waals surface area (Å²) < 4.78 is 0. The Bertz CT molecular complexity index is 548. The average Bonchev–Trinajstić information content (AvgIpc) is 2.37. The van der Waals surface area contributed by atoms with Crippen molar-refractivity contribution < 1.29 is 0 Å². The number of nitrogens with zero attached hydrogens (tertiary/aromatic N) is 2. The molecule has 0 atom stereocenters. The van der Waals surface area contributed by atoms with Crippen LogP contribution in [0.3, 0.4) is 0 Å². The predicted octanol–water partition coefficient (Wildman–Crippen LogP) is 2.77. The molecular formula is C14H17N5. The molecule has 5 nitrogen and oxygen atoms in total. The van der Waals surface area contributed by atoms with Crippen molar-refractivity contribution in [3.8, 4) is 0 Å². The van der Waals surface area contributed by atoms with Gasteiger partial charge in [0.15, 0.2) is 0 Å². The van der Waals surface area contributed by atoms with Gasteiger partial charge in [-0.15, -0.1) is 0 Å². The number of hydrogen-bond donors (Lipinski definition) is 3. The van der Waals surface area contributed by atoms with Crippen LogP contribution in [0, 0.1) is 0 Å². The van der Waals surface area contributed by atoms with E-state index < -0.39 is 0 Å². The molecule has 1 saturated carbocycles. The van der Waals surface area contributed by atoms with E-state index in [1.165, 1.54) is 19.3 Å². The predicted molar refractivity (Wildman–Crippen MR) is 77.4 cm³/mol. The van der Waals surface area contributed by atoms with Crippen LogP contribution in [0.25, 0.3) is 0 Å². The van der Waals surface area contributed by atoms with Crippen LogP contribution < -0.4 is 16.4 Å². The van der Waals surface area contributed by atoms with Crippen LogP contribution in [-0.2, 0) is 0 Å². The molecule has 19 heavy (non-hydrogen) atoms. The highest BCUT2D eigenvalue weighted by Crippen LogP contribution is 2.23. The van der Waals surface area contributed by atoms with Gasteiger partial charge in [0.05, 0.1) is 0 Å². The molecule has 1 aliphatic rings. The first-order valence-corrected chi connectivity index (χ1v) is 6.51. The Labute approximate surface area is 112 Å². The van der Waals surface area contributed by atoms with Crippen molar-refractivity contribution in [1.82, 2.24) is 9.97 Å². The molecule has 0 unspecified atom stereocenters. The molecule has 2 aromatic rings. The summed E-state index contributed by atoms with van der Waals surface area (Å²) in [5.41, 5.74) is 7.37. The lowest BCUT2D eigenvalue weighted by molar-refractivity contribution is 0.444. The Morgan fingerprint density at radius 2 is 1.79 bits per heavy atom. The molecule has 0 bridgehead atoms. The van der Waals surface area contributed by atoms with Gasteiger partial charge in [-0.3, -0.25) is 0 Å². The number of benzene rings is 1. The van der Waals surface area contributed by atoms with Crippen LogP contribution in [0.5, 0.6) is 0 Å². The number of aromatic nitrogens is 2. The molecule has 0 amide bonds. The van der Waals surface area contributed by atoms with E-state index in [4.69, 9.17) is 5.73 Å². The number of anilines is 4. The summed E-state index contributed by atoms with van der Waals surface area (Å²) in [5.74, 6) is 1.65. The summed E-state index contributed by atoms with van der Waals surface area (Å²) in [4.78, 5) is 8.45. The highest BCUT2D eigenvalue weighted by Gasteiger charge is 2.17. The van der Waals surface area contributed by atoms with Gasteiger partial charge in [0.2, 0.25) is 0 Å². The van der Waals surface area contributed by atoms with Gasteiger partial charge in [-0.05, 0) is 43.5 Å². The van der Waals surface area contributed by atoms with Crippen LogP contribution in [0.15, 0.2) is 36.7 Å². The highest BCUT2D eigenvalue weighted by molar-refractivity contribution is 5.61. The monoisotopic (exact) mass is 255 g/mol. The van der Waals surface area contributed by atoms with E-state index in [0.717, 1.165) is 23.0 Å². The minimum atomic E-state index is 0.569. The molecular weight excluding hydrogens is 238 g/mol. The summed E-state index contributed by atoms with van der Waals surface area (Å²) in [7, 11) is 0. The second kappa shape index (κ2) is 5.14. The molecule has 5 heteroatoms. The summed E-state index contributed by atoms with van der Waals surface area (Å²) >= 11 is 0. The topological polar surface area (TPSA) is 75.9 Å². The maximum absolute atomic E-state index is 5.66. The van der Waals surface area contributed by atoms with Gasteiger partial charge in [0.1, 0.15) is 18.0 Å². The van der Waals surface area contributed by atoms with Crippen LogP contribution in [0.4, 0.5) is 23.0 Å². The summed E-state index contributed by atoms with van der Waals surface area (Å²) in [5, 5.41) is 6.64. The fourth-order valence-electron chi connectivity index (χ4n) is 1.98. The molecule has 0 radical (unpaired) electrons. The lowest BCUT2D eigenvalue weighted by Crippen LogP contribution is -2.27. The van der Waals surface area contributed by atoms with Crippen LogP contribution in [-0.4, -0.2) is 16.0 Å². The van der Waals surface area contributed by atoms with Crippen molar-refractivity contribution in [2.45, 2.75) is 25.3 Å². The lowest BCUT2D eigenvalue weighted by Gasteiger charge is -2.26. The zero-order valence-electron chi connectivity index (χ0n) is 10.6. The van der Waals surface area contributed by atoms with E-state index in [-0.39, 0.29) is 0 Å². The standard InChI is InChI=1S/C14H17N5/c15-10-4-6-12(7-5-10)19-14-8-13(16-9-17-14)18-11-2-1-3-11/h4-9,11H,1-3,15H2,(H2,16,17,18,19). The number of rotatable bonds is 4. The van der Waals surface area contributed by atoms with Crippen molar-refractivity contribution in [1.29, 1.82) is 0 Å². The molecule has 1 aliphatic carbocycles. The molecule has 4 N–H and O–H groups in total. The van der Waals surface area contributed by atoms with Gasteiger partial charge in [0.25, 0.3) is 0 Å². The molecule has 1 fully saturated rings. The summed E-state index contributed by atoms with van der Waals surface area (Å²) in [6.45, 7) is 0. The Kier molecular flexibility index (Phi) is 3.18. The van der Waals surface area contributed by atoms with Crippen molar-refractivity contribution in [3.05, 3.63) is 36.7 Å². The van der Waals surface area contributed by atoms with Gasteiger partial charge in [-0.1, -0.05) is 0 Å². The number of nitrogens with two attached hydrogens (primary N) is 1. The van der Waals surface area contributed by atoms with E-state index in [1.54, 1.807) is 6.33 Å². The summed E-state index contributed by atoms with van der Waals surface area (Å²) in [6.07, 6.45) is 5.33. The molecule has 0 spiro atoms. The fraction of sp³-hybridized carbons (Fsp3) is 0.286. The fourth-order valence-corrected chi connectivity index (χ4v) is 1.98. The normalized spacial score (nSPS) is 14.7. The third-order valence-electron chi connectivity index (χ3n) is 3.31. The minimum absolute atomic E-state index is 0.569. The van der Waals surface area contributed by atoms with Gasteiger partial charge >= 0.3 is 0 Å². The van der Waals surface area contributed by atoms with Crippen molar-refractivity contribution in [3.63, 3.8) is 0 Å². The van der Waals surface area contributed by atoms with Crippen molar-refractivity contribution >= 4 is 23.0 Å². The zero-order valence-corrected chi connectivity index (χ0v) is 10.6. The Balaban J connectivity index is 1.69. The molecule has 1 heterocycles. The molecule has 98 valence electrons. The zero-order chi connectivity index (χ0) is 13.1. The van der Waals surface area contributed by atoms with E-state index >= 15 is 0 Å². The third kappa shape index (κ3) is 2.93. The number of hydrogen-bond acceptors (Lipinski definition) is 5. The van der Waals surface area contributed by atoms with Gasteiger partial charge in [0, 0.05) is 23.5 Å². The first-order chi connectivity index (χ1) is 9.29. The molecule has 1 aromatic heterocycles. The molecule has 0 aliphatic heterocycles. The van der Waals surface area contributed by atoms with E-state index in [0.29, 0.717) is 6.04 Å². The Morgan fingerprint density at radius 3 is 2.47 bits per heavy atom. The minimum Gasteiger partial charge on any atom is -0.399 e. The second-order valence-corrected chi connectivity index (χ2v) is 4.81. The van der Waals surface area contributed by atoms with E-state index in [9.17, 15) is 0 Å². The maximum atomic E-state index is 5.66. The smallest absolute Gasteiger partial charge is 0.135 e. The van der Waals surface area contributed by atoms with Crippen LogP contribution in [0.2, 0.25) is 0 Å². The van der Waals surface area contributed by atoms with Gasteiger partial charge < -0.3 is 16.4 Å². The van der Waals surface area contributed by atoms with Gasteiger partial charge in [-0.2, -0.15) is 0 Å². The van der Waals surface area contributed by atoms with Crippen LogP contribution >= 0.6 is 0 Å². The van der Waals surface area contributed by atoms with E-state index in [1.807, 2.05) is 30.3 Å². The van der Waals surface area contributed by atoms with Crippen LogP contribution in [0.1, 0.15) is 19.3 Å². The SMILES string of the molecule is Nc1ccc(Nc2cc(NC3CCC3)ncn2)cc1. The Hall–Kier alpha value is -2.30. The molecule has 0 saturated heterocycles. The van der Waals surface area contributed by atoms with Gasteiger partial charge in [-0.25, -0.2) is 9.97 Å². The summed E-state index contributed by atoms with van der Waals surface area (Å²) in [6, 6.07) is 10.1. The average molecular weight is 255 g/mol. The van der Waals surface area contributed by atoms with Crippen molar-refractivity contribution in [2.24, 2.45) is 0 Å². The largest absolute Gasteiger partial charge is 0.399 e. The molecule has 3 rings (SSSR count). The first kappa shape index (κ1) is 11.8.